The van der Waals surface area contributed by atoms with E-state index in [4.69, 9.17) is 0 Å². The molecule has 1 saturated heterocycles. The van der Waals surface area contributed by atoms with Gasteiger partial charge in [-0.25, -0.2) is 0 Å². The van der Waals surface area contributed by atoms with Gasteiger partial charge in [0.25, 0.3) is 5.91 Å². The molecule has 1 amide bonds. The van der Waals surface area contributed by atoms with E-state index in [2.05, 4.69) is 41.9 Å². The number of carbonyl (C=O) groups excluding carboxylic acids is 1. The van der Waals surface area contributed by atoms with Crippen LogP contribution in [0.4, 0.5) is 0 Å². The topological polar surface area (TPSA) is 40.5 Å². The molecule has 0 bridgehead atoms. The number of amides is 1. The second kappa shape index (κ2) is 6.25. The fourth-order valence-electron chi connectivity index (χ4n) is 4.21. The number of piperidine rings is 1. The summed E-state index contributed by atoms with van der Waals surface area (Å²) in [6, 6.07) is 6.55. The minimum atomic E-state index is 0.326. The van der Waals surface area contributed by atoms with Crippen molar-refractivity contribution in [2.45, 2.75) is 39.7 Å². The molecule has 1 aromatic carbocycles. The maximum Gasteiger partial charge on any atom is 0.278 e. The van der Waals surface area contributed by atoms with Crippen molar-refractivity contribution >= 4 is 16.8 Å². The summed E-state index contributed by atoms with van der Waals surface area (Å²) >= 11 is 0. The van der Waals surface area contributed by atoms with Gasteiger partial charge in [-0.2, -0.15) is 0 Å². The zero-order valence-corrected chi connectivity index (χ0v) is 14.8. The van der Waals surface area contributed by atoms with Gasteiger partial charge in [0.1, 0.15) is 0 Å². The lowest BCUT2D eigenvalue weighted by Crippen LogP contribution is -3.14. The molecule has 0 unspecified atom stereocenters. The number of quaternary nitrogens is 1. The quantitative estimate of drug-likeness (QED) is 0.866. The SMILES string of the molecule is Cc1ccc2[nH]c3c(c2c1)CN(C(=O)C[NH+]1CCC(C)CC1)CC3. The first-order valence-corrected chi connectivity index (χ1v) is 9.31. The smallest absolute Gasteiger partial charge is 0.278 e. The molecule has 2 aliphatic heterocycles. The number of nitrogens with zero attached hydrogens (tertiary/aromatic N) is 1. The second-order valence-electron chi connectivity index (χ2n) is 7.81. The predicted octanol–water partition coefficient (Wildman–Crippen LogP) is 1.68. The molecule has 0 radical (unpaired) electrons. The van der Waals surface area contributed by atoms with E-state index in [1.165, 1.54) is 45.5 Å². The summed E-state index contributed by atoms with van der Waals surface area (Å²) in [4.78, 5) is 19.9. The molecule has 2 N–H and O–H groups in total. The lowest BCUT2D eigenvalue weighted by atomic mass is 9.99. The Kier molecular flexibility index (Phi) is 4.09. The van der Waals surface area contributed by atoms with Crippen LogP contribution in [-0.2, 0) is 17.8 Å². The monoisotopic (exact) mass is 326 g/mol. The van der Waals surface area contributed by atoms with Crippen molar-refractivity contribution in [3.8, 4) is 0 Å². The average Bonchev–Trinajstić information content (AvgIpc) is 2.94. The molecule has 1 aromatic heterocycles. The summed E-state index contributed by atoms with van der Waals surface area (Å²) in [5.74, 6) is 1.16. The molecule has 2 aromatic rings. The Balaban J connectivity index is 1.48. The van der Waals surface area contributed by atoms with E-state index in [9.17, 15) is 4.79 Å². The first-order chi connectivity index (χ1) is 11.6. The molecule has 1 fully saturated rings. The van der Waals surface area contributed by atoms with Crippen LogP contribution in [0.25, 0.3) is 10.9 Å². The molecule has 3 heterocycles. The van der Waals surface area contributed by atoms with Crippen LogP contribution in [0.5, 0.6) is 0 Å². The van der Waals surface area contributed by atoms with Gasteiger partial charge in [0.2, 0.25) is 0 Å². The summed E-state index contributed by atoms with van der Waals surface area (Å²) in [5, 5.41) is 1.29. The number of rotatable bonds is 2. The highest BCUT2D eigenvalue weighted by molar-refractivity contribution is 5.86. The normalized spacial score (nSPS) is 24.2. The molecule has 0 spiro atoms. The molecule has 4 nitrogen and oxygen atoms in total. The van der Waals surface area contributed by atoms with Gasteiger partial charge in [0.05, 0.1) is 13.1 Å². The Hall–Kier alpha value is -1.81. The fourth-order valence-corrected chi connectivity index (χ4v) is 4.21. The molecular formula is C20H28N3O+. The van der Waals surface area contributed by atoms with E-state index in [0.29, 0.717) is 12.5 Å². The van der Waals surface area contributed by atoms with Crippen molar-refractivity contribution < 1.29 is 9.69 Å². The number of carbonyl (C=O) groups is 1. The molecule has 24 heavy (non-hydrogen) atoms. The molecule has 0 saturated carbocycles. The Morgan fingerprint density at radius 2 is 2.12 bits per heavy atom. The van der Waals surface area contributed by atoms with Gasteiger partial charge in [0.15, 0.2) is 6.54 Å². The minimum Gasteiger partial charge on any atom is -0.358 e. The van der Waals surface area contributed by atoms with Gasteiger partial charge >= 0.3 is 0 Å². The highest BCUT2D eigenvalue weighted by atomic mass is 16.2. The van der Waals surface area contributed by atoms with Gasteiger partial charge in [-0.15, -0.1) is 0 Å². The Morgan fingerprint density at radius 3 is 2.92 bits per heavy atom. The van der Waals surface area contributed by atoms with Crippen molar-refractivity contribution in [1.29, 1.82) is 0 Å². The molecule has 0 atom stereocenters. The number of hydrogen-bond donors (Lipinski definition) is 2. The van der Waals surface area contributed by atoms with Crippen LogP contribution in [0.2, 0.25) is 0 Å². The highest BCUT2D eigenvalue weighted by Gasteiger charge is 2.28. The van der Waals surface area contributed by atoms with E-state index in [1.807, 2.05) is 0 Å². The number of fused-ring (bicyclic) bond motifs is 3. The van der Waals surface area contributed by atoms with Crippen LogP contribution in [0, 0.1) is 12.8 Å². The lowest BCUT2D eigenvalue weighted by Gasteiger charge is -2.31. The predicted molar refractivity (Wildman–Crippen MR) is 96.1 cm³/mol. The minimum absolute atomic E-state index is 0.326. The second-order valence-corrected chi connectivity index (χ2v) is 7.81. The Morgan fingerprint density at radius 1 is 1.33 bits per heavy atom. The van der Waals surface area contributed by atoms with Gasteiger partial charge in [-0.1, -0.05) is 18.6 Å². The lowest BCUT2D eigenvalue weighted by molar-refractivity contribution is -0.898. The molecule has 0 aliphatic carbocycles. The van der Waals surface area contributed by atoms with Crippen LogP contribution < -0.4 is 4.90 Å². The molecular weight excluding hydrogens is 298 g/mol. The first kappa shape index (κ1) is 15.7. The largest absolute Gasteiger partial charge is 0.358 e. The number of hydrogen-bond acceptors (Lipinski definition) is 1. The van der Waals surface area contributed by atoms with Gasteiger partial charge in [-0.3, -0.25) is 4.79 Å². The Bertz CT molecular complexity index is 756. The van der Waals surface area contributed by atoms with Crippen LogP contribution in [0.1, 0.15) is 36.6 Å². The van der Waals surface area contributed by atoms with E-state index >= 15 is 0 Å². The van der Waals surface area contributed by atoms with E-state index in [1.54, 1.807) is 0 Å². The van der Waals surface area contributed by atoms with E-state index < -0.39 is 0 Å². The number of benzene rings is 1. The third-order valence-electron chi connectivity index (χ3n) is 5.87. The van der Waals surface area contributed by atoms with Gasteiger partial charge in [0, 0.05) is 41.7 Å². The summed E-state index contributed by atoms with van der Waals surface area (Å²) in [6.45, 7) is 9.04. The highest BCUT2D eigenvalue weighted by Crippen LogP contribution is 2.28. The third kappa shape index (κ3) is 2.95. The van der Waals surface area contributed by atoms with Crippen LogP contribution in [-0.4, -0.2) is 42.0 Å². The van der Waals surface area contributed by atoms with Crippen molar-refractivity contribution in [1.82, 2.24) is 9.88 Å². The van der Waals surface area contributed by atoms with Crippen LogP contribution >= 0.6 is 0 Å². The van der Waals surface area contributed by atoms with Crippen LogP contribution in [0.3, 0.4) is 0 Å². The number of aryl methyl sites for hydroxylation is 1. The number of aromatic nitrogens is 1. The Labute approximate surface area is 143 Å². The first-order valence-electron chi connectivity index (χ1n) is 9.31. The number of nitrogens with one attached hydrogen (secondary N) is 2. The zero-order chi connectivity index (χ0) is 16.7. The molecule has 4 rings (SSSR count). The molecule has 2 aliphatic rings. The fraction of sp³-hybridized carbons (Fsp3) is 0.550. The van der Waals surface area contributed by atoms with Crippen LogP contribution in [0.15, 0.2) is 18.2 Å². The van der Waals surface area contributed by atoms with Gasteiger partial charge in [-0.05, 0) is 37.8 Å². The number of H-pyrrole nitrogens is 1. The molecule has 4 heteroatoms. The van der Waals surface area contributed by atoms with Gasteiger partial charge < -0.3 is 14.8 Å². The summed E-state index contributed by atoms with van der Waals surface area (Å²) in [7, 11) is 0. The molecule has 128 valence electrons. The third-order valence-corrected chi connectivity index (χ3v) is 5.87. The van der Waals surface area contributed by atoms with E-state index in [-0.39, 0.29) is 0 Å². The van der Waals surface area contributed by atoms with Crippen molar-refractivity contribution in [3.63, 3.8) is 0 Å². The van der Waals surface area contributed by atoms with E-state index in [0.717, 1.165) is 38.5 Å². The summed E-state index contributed by atoms with van der Waals surface area (Å²) in [6.07, 6.45) is 3.46. The van der Waals surface area contributed by atoms with Crippen molar-refractivity contribution in [3.05, 3.63) is 35.0 Å². The summed E-state index contributed by atoms with van der Waals surface area (Å²) < 4.78 is 0. The average molecular weight is 326 g/mol. The van der Waals surface area contributed by atoms with Crippen molar-refractivity contribution in [2.24, 2.45) is 5.92 Å². The maximum atomic E-state index is 12.8. The number of aromatic amines is 1. The zero-order valence-electron chi connectivity index (χ0n) is 14.8. The summed E-state index contributed by atoms with van der Waals surface area (Å²) in [5.41, 5.74) is 5.13. The number of likely N-dealkylation sites (tertiary alicyclic amines) is 1. The van der Waals surface area contributed by atoms with Crippen molar-refractivity contribution in [2.75, 3.05) is 26.2 Å². The maximum absolute atomic E-state index is 12.8. The standard InChI is InChI=1S/C20H27N3O/c1-14-5-8-22(9-6-14)13-20(24)23-10-7-19-17(12-23)16-11-15(2)3-4-18(16)21-19/h3-4,11,14,21H,5-10,12-13H2,1-2H3/p+1.